The Morgan fingerprint density at radius 2 is 1.31 bits per heavy atom. The van der Waals surface area contributed by atoms with Gasteiger partial charge in [0.05, 0.1) is 20.8 Å². The van der Waals surface area contributed by atoms with Crippen LogP contribution in [0.15, 0.2) is 78.9 Å². The quantitative estimate of drug-likeness (QED) is 0.450. The summed E-state index contributed by atoms with van der Waals surface area (Å²) in [7, 11) is 5.26. The fourth-order valence-corrected chi connectivity index (χ4v) is 3.61. The van der Waals surface area contributed by atoms with Crippen LogP contribution in [0.2, 0.25) is 0 Å². The van der Waals surface area contributed by atoms with Crippen molar-refractivity contribution in [3.05, 3.63) is 95.6 Å². The Hall–Kier alpha value is -3.31. The van der Waals surface area contributed by atoms with Crippen LogP contribution in [0.25, 0.3) is 0 Å². The fraction of sp³-hybridized carbons (Fsp3) is 0.296. The Balaban J connectivity index is 1.61. The van der Waals surface area contributed by atoms with E-state index in [-0.39, 0.29) is 5.91 Å². The molecule has 0 unspecified atom stereocenters. The van der Waals surface area contributed by atoms with E-state index in [1.54, 1.807) is 14.2 Å². The second-order valence-corrected chi connectivity index (χ2v) is 7.90. The molecule has 0 aliphatic carbocycles. The van der Waals surface area contributed by atoms with Gasteiger partial charge in [0.15, 0.2) is 11.5 Å². The molecule has 0 bridgehead atoms. The van der Waals surface area contributed by atoms with Gasteiger partial charge in [-0.15, -0.1) is 0 Å². The van der Waals surface area contributed by atoms with Crippen LogP contribution in [0.1, 0.15) is 16.7 Å². The Kier molecular flexibility index (Phi) is 8.70. The highest BCUT2D eigenvalue weighted by molar-refractivity contribution is 5.78. The van der Waals surface area contributed by atoms with Crippen LogP contribution in [0.3, 0.4) is 0 Å². The molecular formula is C27H32N2O3. The van der Waals surface area contributed by atoms with Gasteiger partial charge in [0.1, 0.15) is 0 Å². The molecule has 0 saturated carbocycles. The van der Waals surface area contributed by atoms with E-state index >= 15 is 0 Å². The Morgan fingerprint density at radius 1 is 0.750 bits per heavy atom. The molecule has 1 amide bonds. The predicted molar refractivity (Wildman–Crippen MR) is 128 cm³/mol. The standard InChI is InChI=1S/C27H32N2O3/c1-28(17-16-22-14-15-25(31-2)26(18-22)32-3)21-27(30)29(19-23-10-6-4-7-11-23)20-24-12-8-5-9-13-24/h4-15,18H,16-17,19-21H2,1-3H3. The van der Waals surface area contributed by atoms with Gasteiger partial charge in [0.2, 0.25) is 5.91 Å². The number of carbonyl (C=O) groups excluding carboxylic acids is 1. The van der Waals surface area contributed by atoms with Crippen molar-refractivity contribution in [1.29, 1.82) is 0 Å². The third kappa shape index (κ3) is 6.86. The van der Waals surface area contributed by atoms with Crippen LogP contribution in [-0.2, 0) is 24.3 Å². The van der Waals surface area contributed by atoms with E-state index in [0.717, 1.165) is 41.2 Å². The summed E-state index contributed by atoms with van der Waals surface area (Å²) in [5.74, 6) is 1.56. The number of ether oxygens (including phenoxy) is 2. The van der Waals surface area contributed by atoms with E-state index in [4.69, 9.17) is 9.47 Å². The lowest BCUT2D eigenvalue weighted by molar-refractivity contribution is -0.133. The Bertz CT molecular complexity index is 935. The molecule has 0 heterocycles. The normalized spacial score (nSPS) is 10.8. The number of rotatable bonds is 11. The van der Waals surface area contributed by atoms with Gasteiger partial charge < -0.3 is 14.4 Å². The van der Waals surface area contributed by atoms with Gasteiger partial charge >= 0.3 is 0 Å². The lowest BCUT2D eigenvalue weighted by Crippen LogP contribution is -2.39. The molecule has 0 atom stereocenters. The van der Waals surface area contributed by atoms with Crippen molar-refractivity contribution in [1.82, 2.24) is 9.80 Å². The fourth-order valence-electron chi connectivity index (χ4n) is 3.61. The monoisotopic (exact) mass is 432 g/mol. The zero-order chi connectivity index (χ0) is 22.8. The molecule has 3 rings (SSSR count). The second-order valence-electron chi connectivity index (χ2n) is 7.90. The van der Waals surface area contributed by atoms with Crippen molar-refractivity contribution in [3.8, 4) is 11.5 Å². The molecular weight excluding hydrogens is 400 g/mol. The number of nitrogens with zero attached hydrogens (tertiary/aromatic N) is 2. The summed E-state index contributed by atoms with van der Waals surface area (Å²) in [5, 5.41) is 0. The summed E-state index contributed by atoms with van der Waals surface area (Å²) < 4.78 is 10.7. The number of likely N-dealkylation sites (N-methyl/N-ethyl adjacent to an activating group) is 1. The summed E-state index contributed by atoms with van der Waals surface area (Å²) in [6, 6.07) is 26.2. The van der Waals surface area contributed by atoms with Crippen molar-refractivity contribution < 1.29 is 14.3 Å². The zero-order valence-corrected chi connectivity index (χ0v) is 19.2. The summed E-state index contributed by atoms with van der Waals surface area (Å²) >= 11 is 0. The topological polar surface area (TPSA) is 42.0 Å². The van der Waals surface area contributed by atoms with Gasteiger partial charge in [-0.05, 0) is 42.3 Å². The van der Waals surface area contributed by atoms with E-state index in [2.05, 4.69) is 29.2 Å². The number of amides is 1. The third-order valence-electron chi connectivity index (χ3n) is 5.42. The molecule has 0 aliphatic rings. The summed E-state index contributed by atoms with van der Waals surface area (Å²) in [6.45, 7) is 2.33. The highest BCUT2D eigenvalue weighted by Gasteiger charge is 2.17. The molecule has 0 saturated heterocycles. The van der Waals surface area contributed by atoms with Gasteiger partial charge in [0.25, 0.3) is 0 Å². The first-order valence-electron chi connectivity index (χ1n) is 10.8. The lowest BCUT2D eigenvalue weighted by Gasteiger charge is -2.26. The minimum absolute atomic E-state index is 0.118. The smallest absolute Gasteiger partial charge is 0.237 e. The van der Waals surface area contributed by atoms with Gasteiger partial charge in [0, 0.05) is 19.6 Å². The average Bonchev–Trinajstić information content (AvgIpc) is 2.83. The second kappa shape index (κ2) is 11.9. The number of benzene rings is 3. The van der Waals surface area contributed by atoms with Gasteiger partial charge in [-0.1, -0.05) is 66.7 Å². The van der Waals surface area contributed by atoms with Gasteiger partial charge in [-0.25, -0.2) is 0 Å². The van der Waals surface area contributed by atoms with E-state index in [1.165, 1.54) is 0 Å². The highest BCUT2D eigenvalue weighted by Crippen LogP contribution is 2.27. The molecule has 3 aromatic rings. The zero-order valence-electron chi connectivity index (χ0n) is 19.2. The maximum Gasteiger partial charge on any atom is 0.237 e. The van der Waals surface area contributed by atoms with E-state index in [0.29, 0.717) is 19.6 Å². The predicted octanol–water partition coefficient (Wildman–Crippen LogP) is 4.41. The van der Waals surface area contributed by atoms with Crippen molar-refractivity contribution in [2.75, 3.05) is 34.4 Å². The Morgan fingerprint density at radius 3 is 1.84 bits per heavy atom. The molecule has 0 radical (unpaired) electrons. The number of hydrogen-bond acceptors (Lipinski definition) is 4. The first-order chi connectivity index (χ1) is 15.6. The first-order valence-corrected chi connectivity index (χ1v) is 10.8. The number of methoxy groups -OCH3 is 2. The van der Waals surface area contributed by atoms with Crippen LogP contribution in [0.5, 0.6) is 11.5 Å². The molecule has 5 heteroatoms. The van der Waals surface area contributed by atoms with E-state index < -0.39 is 0 Å². The SMILES string of the molecule is COc1ccc(CCN(C)CC(=O)N(Cc2ccccc2)Cc2ccccc2)cc1OC. The van der Waals surface area contributed by atoms with Crippen molar-refractivity contribution in [2.24, 2.45) is 0 Å². The van der Waals surface area contributed by atoms with Crippen LogP contribution in [0, 0.1) is 0 Å². The molecule has 32 heavy (non-hydrogen) atoms. The molecule has 5 nitrogen and oxygen atoms in total. The van der Waals surface area contributed by atoms with Crippen LogP contribution < -0.4 is 9.47 Å². The molecule has 0 fully saturated rings. The summed E-state index contributed by atoms with van der Waals surface area (Å²) in [5.41, 5.74) is 3.40. The van der Waals surface area contributed by atoms with E-state index in [1.807, 2.05) is 66.5 Å². The summed E-state index contributed by atoms with van der Waals surface area (Å²) in [6.07, 6.45) is 0.821. The van der Waals surface area contributed by atoms with Crippen molar-refractivity contribution in [2.45, 2.75) is 19.5 Å². The summed E-state index contributed by atoms with van der Waals surface area (Å²) in [4.78, 5) is 17.2. The number of hydrogen-bond donors (Lipinski definition) is 0. The van der Waals surface area contributed by atoms with Crippen molar-refractivity contribution in [3.63, 3.8) is 0 Å². The Labute approximate surface area is 191 Å². The molecule has 168 valence electrons. The minimum atomic E-state index is 0.118. The van der Waals surface area contributed by atoms with Crippen LogP contribution >= 0.6 is 0 Å². The van der Waals surface area contributed by atoms with Crippen LogP contribution in [0.4, 0.5) is 0 Å². The first kappa shape index (κ1) is 23.4. The van der Waals surface area contributed by atoms with Gasteiger partial charge in [-0.2, -0.15) is 0 Å². The highest BCUT2D eigenvalue weighted by atomic mass is 16.5. The molecule has 3 aromatic carbocycles. The van der Waals surface area contributed by atoms with Gasteiger partial charge in [-0.3, -0.25) is 9.69 Å². The molecule has 0 aromatic heterocycles. The maximum atomic E-state index is 13.2. The lowest BCUT2D eigenvalue weighted by atomic mass is 10.1. The molecule has 0 spiro atoms. The largest absolute Gasteiger partial charge is 0.493 e. The van der Waals surface area contributed by atoms with Crippen LogP contribution in [-0.4, -0.2) is 50.1 Å². The van der Waals surface area contributed by atoms with E-state index in [9.17, 15) is 4.79 Å². The maximum absolute atomic E-state index is 13.2. The molecule has 0 N–H and O–H groups in total. The third-order valence-corrected chi connectivity index (χ3v) is 5.42. The number of carbonyl (C=O) groups is 1. The average molecular weight is 433 g/mol. The minimum Gasteiger partial charge on any atom is -0.493 e. The van der Waals surface area contributed by atoms with Crippen molar-refractivity contribution >= 4 is 5.91 Å². The molecule has 0 aliphatic heterocycles.